The van der Waals surface area contributed by atoms with Crippen molar-refractivity contribution >= 4 is 27.6 Å². The maximum atomic E-state index is 12.1. The largest absolute Gasteiger partial charge is 0.462 e. The van der Waals surface area contributed by atoms with Crippen LogP contribution in [0.25, 0.3) is 0 Å². The van der Waals surface area contributed by atoms with Gasteiger partial charge in [-0.25, -0.2) is 13.2 Å². The lowest BCUT2D eigenvalue weighted by Crippen LogP contribution is -2.47. The lowest BCUT2D eigenvalue weighted by molar-refractivity contribution is -0.121. The van der Waals surface area contributed by atoms with Gasteiger partial charge in [-0.3, -0.25) is 9.10 Å². The van der Waals surface area contributed by atoms with E-state index in [0.717, 1.165) is 10.6 Å². The van der Waals surface area contributed by atoms with Gasteiger partial charge in [0.05, 0.1) is 24.1 Å². The van der Waals surface area contributed by atoms with Crippen molar-refractivity contribution in [1.29, 1.82) is 0 Å². The number of esters is 1. The van der Waals surface area contributed by atoms with E-state index in [1.165, 1.54) is 24.3 Å². The number of hydrogen-bond donors (Lipinski definition) is 1. The monoisotopic (exact) mass is 356 g/mol. The lowest BCUT2D eigenvalue weighted by atomic mass is 10.1. The Morgan fingerprint density at radius 3 is 2.12 bits per heavy atom. The van der Waals surface area contributed by atoms with Gasteiger partial charge in [0, 0.05) is 5.54 Å². The summed E-state index contributed by atoms with van der Waals surface area (Å²) in [6.45, 7) is 7.04. The van der Waals surface area contributed by atoms with E-state index in [9.17, 15) is 18.0 Å². The maximum Gasteiger partial charge on any atom is 0.338 e. The van der Waals surface area contributed by atoms with Gasteiger partial charge in [0.2, 0.25) is 15.9 Å². The first-order chi connectivity index (χ1) is 10.9. The number of carbonyl (C=O) groups is 2. The third-order valence-electron chi connectivity index (χ3n) is 2.87. The van der Waals surface area contributed by atoms with E-state index in [4.69, 9.17) is 4.74 Å². The van der Waals surface area contributed by atoms with Crippen molar-refractivity contribution in [3.63, 3.8) is 0 Å². The number of anilines is 1. The first-order valence-corrected chi connectivity index (χ1v) is 9.35. The van der Waals surface area contributed by atoms with Gasteiger partial charge in [-0.2, -0.15) is 0 Å². The predicted octanol–water partition coefficient (Wildman–Crippen LogP) is 1.54. The van der Waals surface area contributed by atoms with Crippen molar-refractivity contribution < 1.29 is 22.7 Å². The molecule has 0 aliphatic rings. The number of rotatable bonds is 6. The molecule has 0 atom stereocenters. The summed E-state index contributed by atoms with van der Waals surface area (Å²) in [6, 6.07) is 5.87. The zero-order chi connectivity index (χ0) is 18.5. The molecule has 0 spiro atoms. The summed E-state index contributed by atoms with van der Waals surface area (Å²) in [4.78, 5) is 23.7. The molecule has 1 aromatic carbocycles. The third kappa shape index (κ3) is 6.19. The highest BCUT2D eigenvalue weighted by molar-refractivity contribution is 7.92. The molecule has 0 aliphatic heterocycles. The van der Waals surface area contributed by atoms with Crippen LogP contribution in [0.15, 0.2) is 24.3 Å². The van der Waals surface area contributed by atoms with E-state index < -0.39 is 27.4 Å². The Bertz CT molecular complexity index is 690. The van der Waals surface area contributed by atoms with Crippen molar-refractivity contribution in [2.75, 3.05) is 23.7 Å². The second-order valence-corrected chi connectivity index (χ2v) is 8.24. The molecule has 0 radical (unpaired) electrons. The summed E-state index contributed by atoms with van der Waals surface area (Å²) < 4.78 is 29.9. The fourth-order valence-electron chi connectivity index (χ4n) is 1.97. The van der Waals surface area contributed by atoms with Gasteiger partial charge in [0.25, 0.3) is 0 Å². The first-order valence-electron chi connectivity index (χ1n) is 7.50. The molecule has 0 fully saturated rings. The van der Waals surface area contributed by atoms with Crippen LogP contribution in [0.1, 0.15) is 38.1 Å². The van der Waals surface area contributed by atoms with E-state index in [-0.39, 0.29) is 13.2 Å². The molecule has 7 nitrogen and oxygen atoms in total. The van der Waals surface area contributed by atoms with Crippen molar-refractivity contribution in [2.45, 2.75) is 33.2 Å². The topological polar surface area (TPSA) is 92.8 Å². The Hall–Kier alpha value is -2.09. The van der Waals surface area contributed by atoms with Crippen LogP contribution >= 0.6 is 0 Å². The molecule has 0 bridgehead atoms. The molecule has 0 unspecified atom stereocenters. The third-order valence-corrected chi connectivity index (χ3v) is 4.01. The summed E-state index contributed by atoms with van der Waals surface area (Å²) in [5.41, 5.74) is 0.149. The van der Waals surface area contributed by atoms with Crippen LogP contribution in [-0.2, 0) is 19.6 Å². The normalized spacial score (nSPS) is 11.7. The highest BCUT2D eigenvalue weighted by Gasteiger charge is 2.23. The fourth-order valence-corrected chi connectivity index (χ4v) is 2.82. The number of ether oxygens (including phenoxy) is 1. The standard InChI is InChI=1S/C16H24N2O5S/c1-6-23-15(20)12-7-9-13(10-8-12)18(24(5,21)22)11-14(19)17-16(2,3)4/h7-10H,6,11H2,1-5H3,(H,17,19). The van der Waals surface area contributed by atoms with E-state index in [1.807, 2.05) is 20.8 Å². The van der Waals surface area contributed by atoms with Gasteiger partial charge in [0.1, 0.15) is 6.54 Å². The minimum absolute atomic E-state index is 0.253. The van der Waals surface area contributed by atoms with Gasteiger partial charge < -0.3 is 10.1 Å². The fraction of sp³-hybridized carbons (Fsp3) is 0.500. The van der Waals surface area contributed by atoms with Crippen LogP contribution < -0.4 is 9.62 Å². The molecular weight excluding hydrogens is 332 g/mol. The molecule has 24 heavy (non-hydrogen) atoms. The van der Waals surface area contributed by atoms with E-state index >= 15 is 0 Å². The van der Waals surface area contributed by atoms with Crippen molar-refractivity contribution in [1.82, 2.24) is 5.32 Å². The molecule has 1 rings (SSSR count). The Balaban J connectivity index is 3.02. The van der Waals surface area contributed by atoms with E-state index in [1.54, 1.807) is 6.92 Å². The minimum Gasteiger partial charge on any atom is -0.462 e. The van der Waals surface area contributed by atoms with Crippen LogP contribution in [0, 0.1) is 0 Å². The van der Waals surface area contributed by atoms with Gasteiger partial charge >= 0.3 is 5.97 Å². The Morgan fingerprint density at radius 1 is 1.17 bits per heavy atom. The summed E-state index contributed by atoms with van der Waals surface area (Å²) in [5.74, 6) is -0.900. The molecule has 0 aromatic heterocycles. The molecule has 0 aliphatic carbocycles. The van der Waals surface area contributed by atoms with Gasteiger partial charge in [0.15, 0.2) is 0 Å². The predicted molar refractivity (Wildman–Crippen MR) is 92.5 cm³/mol. The van der Waals surface area contributed by atoms with Crippen LogP contribution in [0.5, 0.6) is 0 Å². The molecule has 8 heteroatoms. The smallest absolute Gasteiger partial charge is 0.338 e. The summed E-state index contributed by atoms with van der Waals surface area (Å²) in [7, 11) is -3.66. The zero-order valence-corrected chi connectivity index (χ0v) is 15.4. The van der Waals surface area contributed by atoms with Gasteiger partial charge in [-0.05, 0) is 52.0 Å². The summed E-state index contributed by atoms with van der Waals surface area (Å²) >= 11 is 0. The average Bonchev–Trinajstić information content (AvgIpc) is 2.42. The van der Waals surface area contributed by atoms with Crippen molar-refractivity contribution in [3.05, 3.63) is 29.8 Å². The maximum absolute atomic E-state index is 12.1. The number of hydrogen-bond acceptors (Lipinski definition) is 5. The number of nitrogens with one attached hydrogen (secondary N) is 1. The molecule has 134 valence electrons. The second-order valence-electron chi connectivity index (χ2n) is 6.34. The number of sulfonamides is 1. The summed E-state index contributed by atoms with van der Waals surface area (Å²) in [6.07, 6.45) is 1.02. The Labute approximate surface area is 143 Å². The quantitative estimate of drug-likeness (QED) is 0.781. The van der Waals surface area contributed by atoms with E-state index in [2.05, 4.69) is 5.32 Å². The number of amides is 1. The number of carbonyl (C=O) groups excluding carboxylic acids is 2. The second kappa shape index (κ2) is 7.65. The van der Waals surface area contributed by atoms with Crippen molar-refractivity contribution in [3.8, 4) is 0 Å². The molecule has 0 heterocycles. The van der Waals surface area contributed by atoms with Crippen LogP contribution in [0.4, 0.5) is 5.69 Å². The number of nitrogens with zero attached hydrogens (tertiary/aromatic N) is 1. The van der Waals surface area contributed by atoms with Gasteiger partial charge in [-0.1, -0.05) is 0 Å². The van der Waals surface area contributed by atoms with Crippen molar-refractivity contribution in [2.24, 2.45) is 0 Å². The zero-order valence-electron chi connectivity index (χ0n) is 14.6. The molecule has 1 aromatic rings. The van der Waals surface area contributed by atoms with Crippen LogP contribution in [0.3, 0.4) is 0 Å². The first kappa shape index (κ1) is 20.0. The highest BCUT2D eigenvalue weighted by atomic mass is 32.2. The Morgan fingerprint density at radius 2 is 1.71 bits per heavy atom. The van der Waals surface area contributed by atoms with E-state index in [0.29, 0.717) is 11.3 Å². The summed E-state index contributed by atoms with van der Waals surface area (Å²) in [5, 5.41) is 2.72. The molecule has 0 saturated carbocycles. The van der Waals surface area contributed by atoms with Crippen LogP contribution in [-0.4, -0.2) is 45.2 Å². The molecule has 1 N–H and O–H groups in total. The molecule has 0 saturated heterocycles. The lowest BCUT2D eigenvalue weighted by Gasteiger charge is -2.25. The van der Waals surface area contributed by atoms with Gasteiger partial charge in [-0.15, -0.1) is 0 Å². The Kier molecular flexibility index (Phi) is 6.36. The van der Waals surface area contributed by atoms with Crippen LogP contribution in [0.2, 0.25) is 0 Å². The molecular formula is C16H24N2O5S. The average molecular weight is 356 g/mol. The molecule has 1 amide bonds. The number of benzene rings is 1. The SMILES string of the molecule is CCOC(=O)c1ccc(N(CC(=O)NC(C)(C)C)S(C)(=O)=O)cc1. The highest BCUT2D eigenvalue weighted by Crippen LogP contribution is 2.19. The minimum atomic E-state index is -3.66.